The van der Waals surface area contributed by atoms with Crippen LogP contribution in [0, 0.1) is 5.92 Å². The van der Waals surface area contributed by atoms with Crippen molar-refractivity contribution in [2.24, 2.45) is 5.92 Å². The molecule has 2 N–H and O–H groups in total. The molecule has 0 aromatic heterocycles. The van der Waals surface area contributed by atoms with Crippen molar-refractivity contribution in [3.05, 3.63) is 70.2 Å². The normalized spacial score (nSPS) is 20.5. The van der Waals surface area contributed by atoms with Crippen LogP contribution in [0.5, 0.6) is 0 Å². The van der Waals surface area contributed by atoms with Gasteiger partial charge in [0.2, 0.25) is 5.91 Å². The molecule has 0 aliphatic heterocycles. The summed E-state index contributed by atoms with van der Waals surface area (Å²) in [6.45, 7) is -0.280. The monoisotopic (exact) mass is 383 g/mol. The Labute approximate surface area is 153 Å². The van der Waals surface area contributed by atoms with Crippen LogP contribution in [0.25, 0.3) is 0 Å². The van der Waals surface area contributed by atoms with Crippen molar-refractivity contribution in [3.8, 4) is 0 Å². The quantitative estimate of drug-likeness (QED) is 0.808. The van der Waals surface area contributed by atoms with E-state index in [1.54, 1.807) is 12.1 Å². The first kappa shape index (κ1) is 18.7. The summed E-state index contributed by atoms with van der Waals surface area (Å²) in [5, 5.41) is 13.2. The van der Waals surface area contributed by atoms with Gasteiger partial charge in [0, 0.05) is 17.5 Å². The Morgan fingerprint density at radius 3 is 2.54 bits per heavy atom. The van der Waals surface area contributed by atoms with Crippen LogP contribution in [-0.4, -0.2) is 17.6 Å². The van der Waals surface area contributed by atoms with Gasteiger partial charge in [-0.3, -0.25) is 4.79 Å². The summed E-state index contributed by atoms with van der Waals surface area (Å²) < 4.78 is 39.0. The van der Waals surface area contributed by atoms with Crippen LogP contribution in [0.2, 0.25) is 5.02 Å². The number of hydrogen-bond acceptors (Lipinski definition) is 2. The van der Waals surface area contributed by atoms with Crippen molar-refractivity contribution in [1.82, 2.24) is 5.32 Å². The van der Waals surface area contributed by atoms with Gasteiger partial charge in [0.15, 0.2) is 0 Å². The number of rotatable bonds is 5. The number of carbonyl (C=O) groups excluding carboxylic acids is 1. The van der Waals surface area contributed by atoms with Crippen LogP contribution in [-0.2, 0) is 11.0 Å². The first-order chi connectivity index (χ1) is 12.3. The van der Waals surface area contributed by atoms with Crippen LogP contribution in [0.4, 0.5) is 13.2 Å². The zero-order chi connectivity index (χ0) is 18.9. The van der Waals surface area contributed by atoms with Gasteiger partial charge in [0.25, 0.3) is 0 Å². The number of hydrogen-bond donors (Lipinski definition) is 2. The average molecular weight is 384 g/mol. The van der Waals surface area contributed by atoms with Crippen LogP contribution in [0.15, 0.2) is 48.5 Å². The summed E-state index contributed by atoms with van der Waals surface area (Å²) in [7, 11) is 0. The lowest BCUT2D eigenvalue weighted by Gasteiger charge is -2.18. The second-order valence-electron chi connectivity index (χ2n) is 6.32. The molecule has 1 saturated carbocycles. The molecule has 3 rings (SSSR count). The maximum atomic E-state index is 13.0. The van der Waals surface area contributed by atoms with E-state index in [-0.39, 0.29) is 29.9 Å². The molecule has 3 unspecified atom stereocenters. The van der Waals surface area contributed by atoms with E-state index in [1.807, 2.05) is 12.1 Å². The lowest BCUT2D eigenvalue weighted by molar-refractivity contribution is -0.139. The number of amides is 1. The van der Waals surface area contributed by atoms with Crippen molar-refractivity contribution in [3.63, 3.8) is 0 Å². The minimum atomic E-state index is -4.56. The maximum Gasteiger partial charge on any atom is 0.416 e. The van der Waals surface area contributed by atoms with Gasteiger partial charge in [-0.05, 0) is 35.6 Å². The minimum absolute atomic E-state index is 0.00306. The predicted molar refractivity (Wildman–Crippen MR) is 91.7 cm³/mol. The lowest BCUT2D eigenvalue weighted by atomic mass is 10.0. The first-order valence-corrected chi connectivity index (χ1v) is 8.53. The molecular formula is C19H17ClF3NO2. The Kier molecular flexibility index (Phi) is 5.25. The van der Waals surface area contributed by atoms with E-state index in [9.17, 15) is 23.1 Å². The summed E-state index contributed by atoms with van der Waals surface area (Å²) in [6, 6.07) is 12.1. The van der Waals surface area contributed by atoms with Crippen molar-refractivity contribution >= 4 is 17.5 Å². The van der Waals surface area contributed by atoms with E-state index in [2.05, 4.69) is 5.32 Å². The summed E-state index contributed by atoms with van der Waals surface area (Å²) in [6.07, 6.45) is -5.37. The van der Waals surface area contributed by atoms with Crippen molar-refractivity contribution in [2.75, 3.05) is 6.54 Å². The van der Waals surface area contributed by atoms with Crippen LogP contribution < -0.4 is 5.32 Å². The van der Waals surface area contributed by atoms with Gasteiger partial charge in [-0.1, -0.05) is 48.0 Å². The molecule has 1 fully saturated rings. The zero-order valence-corrected chi connectivity index (χ0v) is 14.4. The highest BCUT2D eigenvalue weighted by molar-refractivity contribution is 6.31. The standard InChI is InChI=1S/C19H17ClF3NO2/c20-16-8-4-2-5-11(16)13-9-14(13)18(26)24-10-17(25)12-6-1-3-7-15(12)19(21,22)23/h1-8,13-14,17,25H,9-10H2,(H,24,26). The van der Waals surface area contributed by atoms with E-state index in [0.717, 1.165) is 11.6 Å². The summed E-state index contributed by atoms with van der Waals surface area (Å²) in [5.41, 5.74) is -0.266. The third-order valence-corrected chi connectivity index (χ3v) is 4.87. The average Bonchev–Trinajstić information content (AvgIpc) is 3.39. The lowest BCUT2D eigenvalue weighted by Crippen LogP contribution is -2.30. The molecule has 0 saturated heterocycles. The SMILES string of the molecule is O=C(NCC(O)c1ccccc1C(F)(F)F)C1CC1c1ccccc1Cl. The Hall–Kier alpha value is -2.05. The second kappa shape index (κ2) is 7.29. The van der Waals surface area contributed by atoms with Crippen LogP contribution in [0.3, 0.4) is 0 Å². The largest absolute Gasteiger partial charge is 0.416 e. The highest BCUT2D eigenvalue weighted by Gasteiger charge is 2.44. The van der Waals surface area contributed by atoms with E-state index < -0.39 is 17.8 Å². The van der Waals surface area contributed by atoms with Gasteiger partial charge >= 0.3 is 6.18 Å². The summed E-state index contributed by atoms with van der Waals surface area (Å²) in [4.78, 5) is 12.2. The molecule has 2 aromatic carbocycles. The van der Waals surface area contributed by atoms with Gasteiger partial charge in [-0.15, -0.1) is 0 Å². The minimum Gasteiger partial charge on any atom is -0.387 e. The topological polar surface area (TPSA) is 49.3 Å². The predicted octanol–water partition coefficient (Wildman–Crippen LogP) is 4.31. The molecule has 1 aliphatic carbocycles. The Morgan fingerprint density at radius 2 is 1.85 bits per heavy atom. The van der Waals surface area contributed by atoms with E-state index >= 15 is 0 Å². The zero-order valence-electron chi connectivity index (χ0n) is 13.6. The number of halogens is 4. The first-order valence-electron chi connectivity index (χ1n) is 8.15. The molecule has 1 aliphatic rings. The number of carbonyl (C=O) groups is 1. The molecule has 2 aromatic rings. The summed E-state index contributed by atoms with van der Waals surface area (Å²) >= 11 is 6.12. The summed E-state index contributed by atoms with van der Waals surface area (Å²) in [5.74, 6) is -0.568. The van der Waals surface area contributed by atoms with Gasteiger partial charge < -0.3 is 10.4 Å². The van der Waals surface area contributed by atoms with Crippen LogP contribution in [0.1, 0.15) is 35.1 Å². The Bertz CT molecular complexity index is 809. The fourth-order valence-corrected chi connectivity index (χ4v) is 3.36. The molecule has 0 heterocycles. The molecule has 26 heavy (non-hydrogen) atoms. The third kappa shape index (κ3) is 4.02. The number of nitrogens with one attached hydrogen (secondary N) is 1. The highest BCUT2D eigenvalue weighted by Crippen LogP contribution is 2.49. The fourth-order valence-electron chi connectivity index (χ4n) is 3.09. The molecule has 7 heteroatoms. The number of aliphatic hydroxyl groups excluding tert-OH is 1. The van der Waals surface area contributed by atoms with E-state index in [0.29, 0.717) is 11.4 Å². The fraction of sp³-hybridized carbons (Fsp3) is 0.316. The number of alkyl halides is 3. The van der Waals surface area contributed by atoms with Gasteiger partial charge in [0.1, 0.15) is 0 Å². The van der Waals surface area contributed by atoms with Crippen molar-refractivity contribution < 1.29 is 23.1 Å². The maximum absolute atomic E-state index is 13.0. The smallest absolute Gasteiger partial charge is 0.387 e. The highest BCUT2D eigenvalue weighted by atomic mass is 35.5. The van der Waals surface area contributed by atoms with Crippen molar-refractivity contribution in [1.29, 1.82) is 0 Å². The number of benzene rings is 2. The number of aliphatic hydroxyl groups is 1. The van der Waals surface area contributed by atoms with Gasteiger partial charge in [0.05, 0.1) is 11.7 Å². The third-order valence-electron chi connectivity index (χ3n) is 4.53. The molecule has 3 atom stereocenters. The van der Waals surface area contributed by atoms with E-state index in [4.69, 9.17) is 11.6 Å². The van der Waals surface area contributed by atoms with Crippen molar-refractivity contribution in [2.45, 2.75) is 24.6 Å². The molecule has 0 spiro atoms. The molecule has 0 bridgehead atoms. The van der Waals surface area contributed by atoms with Gasteiger partial charge in [-0.25, -0.2) is 0 Å². The molecule has 3 nitrogen and oxygen atoms in total. The molecule has 0 radical (unpaired) electrons. The Morgan fingerprint density at radius 1 is 1.19 bits per heavy atom. The van der Waals surface area contributed by atoms with Gasteiger partial charge in [-0.2, -0.15) is 13.2 Å². The molecule has 138 valence electrons. The second-order valence-corrected chi connectivity index (χ2v) is 6.72. The van der Waals surface area contributed by atoms with E-state index in [1.165, 1.54) is 18.2 Å². The molecule has 1 amide bonds. The molecular weight excluding hydrogens is 367 g/mol. The van der Waals surface area contributed by atoms with Crippen LogP contribution >= 0.6 is 11.6 Å². The Balaban J connectivity index is 1.60.